The molecule has 4 amide bonds. The Morgan fingerprint density at radius 2 is 1.13 bits per heavy atom. The third-order valence-corrected chi connectivity index (χ3v) is 10.0. The van der Waals surface area contributed by atoms with Crippen molar-refractivity contribution >= 4 is 40.6 Å². The van der Waals surface area contributed by atoms with E-state index in [0.29, 0.717) is 24.6 Å². The van der Waals surface area contributed by atoms with Crippen LogP contribution >= 0.6 is 0 Å². The molecule has 0 radical (unpaired) electrons. The van der Waals surface area contributed by atoms with Crippen LogP contribution in [0.15, 0.2) is 85.7 Å². The average molecular weight is 819 g/mol. The number of alkyl carbamates (subject to hydrolysis) is 2. The fourth-order valence-electron chi connectivity index (χ4n) is 6.76. The molecular formula is C45H54N8O7. The molecule has 15 nitrogen and oxygen atoms in total. The summed E-state index contributed by atoms with van der Waals surface area (Å²) in [5.74, 6) is -0.125. The predicted octanol–water partition coefficient (Wildman–Crippen LogP) is 6.87. The van der Waals surface area contributed by atoms with Crippen molar-refractivity contribution in [3.8, 4) is 33.6 Å². The molecule has 2 aromatic heterocycles. The highest BCUT2D eigenvalue weighted by atomic mass is 16.5. The van der Waals surface area contributed by atoms with Crippen LogP contribution in [-0.2, 0) is 36.9 Å². The van der Waals surface area contributed by atoms with Gasteiger partial charge >= 0.3 is 12.2 Å². The average Bonchev–Trinajstić information content (AvgIpc) is 3.92. The number of Topliss-reactive ketones (excluding diaryl/α,β-unsaturated/α-hetero) is 1. The lowest BCUT2D eigenvalue weighted by Crippen LogP contribution is -2.52. The van der Waals surface area contributed by atoms with Gasteiger partial charge in [-0.05, 0) is 64.8 Å². The molecule has 2 heterocycles. The van der Waals surface area contributed by atoms with Crippen molar-refractivity contribution in [3.63, 3.8) is 0 Å². The first kappa shape index (κ1) is 44.3. The van der Waals surface area contributed by atoms with Crippen molar-refractivity contribution in [1.29, 1.82) is 0 Å². The van der Waals surface area contributed by atoms with Gasteiger partial charge in [-0.2, -0.15) is 0 Å². The summed E-state index contributed by atoms with van der Waals surface area (Å²) in [7, 11) is 2.50. The van der Waals surface area contributed by atoms with E-state index in [2.05, 4.69) is 67.5 Å². The second kappa shape index (κ2) is 20.3. The molecule has 5 rings (SSSR count). The van der Waals surface area contributed by atoms with E-state index < -0.39 is 30.2 Å². The topological polar surface area (TPSA) is 192 Å². The SMILES string of the molecule is C=CCCN(Cc1ncc(-c2ccc3cc(-c4ccc(-c5cnc(CN(CC(C)=O)C(=O)[C@@H](NC(=O)OC)C(C)C)[nH]5)cc4)ccc3c2)[nH]1)C(=O)[C@@H](NC(=O)OC)C(C)C. The first-order valence-electron chi connectivity index (χ1n) is 19.8. The summed E-state index contributed by atoms with van der Waals surface area (Å²) in [6, 6.07) is 18.9. The van der Waals surface area contributed by atoms with Crippen molar-refractivity contribution in [2.75, 3.05) is 27.3 Å². The number of aromatic nitrogens is 4. The van der Waals surface area contributed by atoms with E-state index in [-0.39, 0.29) is 43.2 Å². The number of nitrogens with zero attached hydrogens (tertiary/aromatic N) is 4. The number of carbonyl (C=O) groups is 5. The smallest absolute Gasteiger partial charge is 0.407 e. The number of rotatable bonds is 18. The molecule has 0 aliphatic carbocycles. The third kappa shape index (κ3) is 11.2. The molecule has 3 aromatic carbocycles. The summed E-state index contributed by atoms with van der Waals surface area (Å²) in [4.78, 5) is 81.8. The largest absolute Gasteiger partial charge is 0.453 e. The van der Waals surface area contributed by atoms with Gasteiger partial charge < -0.3 is 39.9 Å². The molecule has 0 fully saturated rings. The standard InChI is InChI=1S/C45H54N8O7/c1-9-10-19-52(42(55)40(27(2)3)50-44(57)59-7)25-38-47-23-37(49-38)35-18-17-33-20-32(15-16-34(33)21-35)30-11-13-31(14-12-30)36-22-46-39(48-36)26-53(24-29(6)54)43(56)41(28(4)5)51-45(58)60-8/h9,11-18,20-23,27-28,40-41H,1,10,19,24-26H2,2-8H3,(H,46,48)(H,47,49)(H,50,57)(H,51,58)/t40-,41-/m0/s1. The van der Waals surface area contributed by atoms with Crippen LogP contribution in [0.4, 0.5) is 9.59 Å². The van der Waals surface area contributed by atoms with Gasteiger partial charge in [0.15, 0.2) is 0 Å². The number of fused-ring (bicyclic) bond motifs is 1. The molecule has 4 N–H and O–H groups in total. The van der Waals surface area contributed by atoms with E-state index in [4.69, 9.17) is 9.47 Å². The molecule has 2 atom stereocenters. The van der Waals surface area contributed by atoms with E-state index in [9.17, 15) is 24.0 Å². The Morgan fingerprint density at radius 3 is 1.63 bits per heavy atom. The number of ketones is 1. The Kier molecular flexibility index (Phi) is 15.0. The van der Waals surface area contributed by atoms with E-state index in [0.717, 1.165) is 44.4 Å². The first-order valence-corrected chi connectivity index (χ1v) is 19.8. The maximum atomic E-state index is 13.6. The summed E-state index contributed by atoms with van der Waals surface area (Å²) in [6.45, 7) is 13.1. The zero-order valence-electron chi connectivity index (χ0n) is 35.2. The molecular weight excluding hydrogens is 765 g/mol. The maximum Gasteiger partial charge on any atom is 0.407 e. The summed E-state index contributed by atoms with van der Waals surface area (Å²) >= 11 is 0. The number of imidazole rings is 2. The number of methoxy groups -OCH3 is 2. The second-order valence-electron chi connectivity index (χ2n) is 15.3. The number of hydrogen-bond donors (Lipinski definition) is 4. The molecule has 0 saturated carbocycles. The molecule has 0 bridgehead atoms. The fourth-order valence-corrected chi connectivity index (χ4v) is 6.76. The van der Waals surface area contributed by atoms with Crippen LogP contribution in [0.3, 0.4) is 0 Å². The minimum Gasteiger partial charge on any atom is -0.453 e. The molecule has 0 spiro atoms. The summed E-state index contributed by atoms with van der Waals surface area (Å²) in [6.07, 6.45) is 4.39. The molecule has 0 aliphatic rings. The summed E-state index contributed by atoms with van der Waals surface area (Å²) in [5, 5.41) is 7.34. The van der Waals surface area contributed by atoms with E-state index in [1.165, 1.54) is 26.0 Å². The van der Waals surface area contributed by atoms with Crippen LogP contribution in [-0.4, -0.2) is 98.9 Å². The number of nitrogens with one attached hydrogen (secondary N) is 4. The second-order valence-corrected chi connectivity index (χ2v) is 15.3. The third-order valence-electron chi connectivity index (χ3n) is 10.0. The van der Waals surface area contributed by atoms with Crippen molar-refractivity contribution in [2.24, 2.45) is 11.8 Å². The highest BCUT2D eigenvalue weighted by molar-refractivity contribution is 5.91. The normalized spacial score (nSPS) is 12.2. The van der Waals surface area contributed by atoms with Crippen molar-refractivity contribution in [3.05, 3.63) is 97.4 Å². The lowest BCUT2D eigenvalue weighted by Gasteiger charge is -2.28. The minimum absolute atomic E-state index is 0.0507. The number of amides is 4. The molecule has 0 aliphatic heterocycles. The Bertz CT molecular complexity index is 2310. The van der Waals surface area contributed by atoms with Gasteiger partial charge in [0.25, 0.3) is 0 Å². The van der Waals surface area contributed by atoms with Crippen LogP contribution in [0.1, 0.15) is 52.7 Å². The van der Waals surface area contributed by atoms with E-state index in [1.807, 2.05) is 44.2 Å². The van der Waals surface area contributed by atoms with Gasteiger partial charge in [0.05, 0.1) is 57.6 Å². The minimum atomic E-state index is -0.877. The van der Waals surface area contributed by atoms with Gasteiger partial charge in [0, 0.05) is 12.1 Å². The maximum absolute atomic E-state index is 13.6. The van der Waals surface area contributed by atoms with E-state index in [1.54, 1.807) is 37.2 Å². The lowest BCUT2D eigenvalue weighted by atomic mass is 9.98. The quantitative estimate of drug-likeness (QED) is 0.0684. The van der Waals surface area contributed by atoms with Crippen molar-refractivity contribution in [1.82, 2.24) is 40.4 Å². The van der Waals surface area contributed by atoms with Crippen LogP contribution in [0.25, 0.3) is 44.4 Å². The van der Waals surface area contributed by atoms with Gasteiger partial charge in [-0.3, -0.25) is 14.4 Å². The molecule has 15 heteroatoms. The van der Waals surface area contributed by atoms with Crippen molar-refractivity contribution < 1.29 is 33.4 Å². The number of aromatic amines is 2. The number of carbonyl (C=O) groups excluding carboxylic acids is 5. The Balaban J connectivity index is 1.27. The van der Waals surface area contributed by atoms with Crippen LogP contribution < -0.4 is 10.6 Å². The van der Waals surface area contributed by atoms with Gasteiger partial charge in [-0.15, -0.1) is 6.58 Å². The number of ether oxygens (including phenoxy) is 2. The first-order chi connectivity index (χ1) is 28.7. The van der Waals surface area contributed by atoms with Crippen LogP contribution in [0.5, 0.6) is 0 Å². The predicted molar refractivity (Wildman–Crippen MR) is 229 cm³/mol. The number of H-pyrrole nitrogens is 2. The zero-order chi connectivity index (χ0) is 43.5. The summed E-state index contributed by atoms with van der Waals surface area (Å²) in [5.41, 5.74) is 5.46. The van der Waals surface area contributed by atoms with Gasteiger partial charge in [-0.25, -0.2) is 19.6 Å². The molecule has 5 aromatic rings. The van der Waals surface area contributed by atoms with Gasteiger partial charge in [-0.1, -0.05) is 82.3 Å². The molecule has 0 unspecified atom stereocenters. The molecule has 316 valence electrons. The van der Waals surface area contributed by atoms with Gasteiger partial charge in [0.1, 0.15) is 29.5 Å². The number of hydrogen-bond acceptors (Lipinski definition) is 9. The fraction of sp³-hybridized carbons (Fsp3) is 0.356. The number of benzene rings is 3. The molecule has 0 saturated heterocycles. The Morgan fingerprint density at radius 1 is 0.683 bits per heavy atom. The zero-order valence-corrected chi connectivity index (χ0v) is 35.2. The monoisotopic (exact) mass is 818 g/mol. The molecule has 60 heavy (non-hydrogen) atoms. The lowest BCUT2D eigenvalue weighted by molar-refractivity contribution is -0.138. The Labute approximate surface area is 350 Å². The summed E-state index contributed by atoms with van der Waals surface area (Å²) < 4.78 is 9.45. The van der Waals surface area contributed by atoms with Gasteiger partial charge in [0.2, 0.25) is 11.8 Å². The van der Waals surface area contributed by atoms with Crippen LogP contribution in [0.2, 0.25) is 0 Å². The van der Waals surface area contributed by atoms with E-state index >= 15 is 0 Å². The van der Waals surface area contributed by atoms with Crippen LogP contribution in [0, 0.1) is 11.8 Å². The Hall–Kier alpha value is -6.77. The highest BCUT2D eigenvalue weighted by Gasteiger charge is 2.31. The highest BCUT2D eigenvalue weighted by Crippen LogP contribution is 2.30. The van der Waals surface area contributed by atoms with Crippen molar-refractivity contribution in [2.45, 2.75) is 66.2 Å².